The Labute approximate surface area is 127 Å². The van der Waals surface area contributed by atoms with E-state index >= 15 is 0 Å². The maximum Gasteiger partial charge on any atom is 0.243 e. The second-order valence-electron chi connectivity index (χ2n) is 5.18. The van der Waals surface area contributed by atoms with E-state index in [1.165, 1.54) is 4.31 Å². The van der Waals surface area contributed by atoms with Gasteiger partial charge in [0.05, 0.1) is 12.0 Å². The highest BCUT2D eigenvalue weighted by molar-refractivity contribution is 7.89. The molecule has 0 N–H and O–H groups in total. The van der Waals surface area contributed by atoms with E-state index in [4.69, 9.17) is 4.74 Å². The standard InChI is InChI=1S/C14H23NO3S2/c1-11(2)9-15(12(3)10-19)20(16,17)14-7-5-13(18-4)6-8-14/h5-8,11-12,19H,9-10H2,1-4H3/t12-/m1/s1. The zero-order valence-corrected chi connectivity index (χ0v) is 14.1. The summed E-state index contributed by atoms with van der Waals surface area (Å²) in [5.41, 5.74) is 0. The number of benzene rings is 1. The monoisotopic (exact) mass is 317 g/mol. The predicted octanol–water partition coefficient (Wildman–Crippen LogP) is 2.66. The Morgan fingerprint density at radius 3 is 2.15 bits per heavy atom. The van der Waals surface area contributed by atoms with Crippen LogP contribution in [0.15, 0.2) is 29.2 Å². The van der Waals surface area contributed by atoms with Crippen molar-refractivity contribution >= 4 is 22.7 Å². The largest absolute Gasteiger partial charge is 0.497 e. The second-order valence-corrected chi connectivity index (χ2v) is 7.43. The molecule has 6 heteroatoms. The van der Waals surface area contributed by atoms with Gasteiger partial charge in [0.25, 0.3) is 0 Å². The van der Waals surface area contributed by atoms with Crippen LogP contribution in [0.3, 0.4) is 0 Å². The molecular weight excluding hydrogens is 294 g/mol. The quantitative estimate of drug-likeness (QED) is 0.787. The Kier molecular flexibility index (Phi) is 6.36. The number of sulfonamides is 1. The summed E-state index contributed by atoms with van der Waals surface area (Å²) in [6.45, 7) is 6.36. The minimum atomic E-state index is -3.50. The molecule has 0 saturated carbocycles. The number of hydrogen-bond donors (Lipinski definition) is 1. The molecule has 1 atom stereocenters. The lowest BCUT2D eigenvalue weighted by Crippen LogP contribution is -2.41. The topological polar surface area (TPSA) is 46.6 Å². The van der Waals surface area contributed by atoms with Crippen LogP contribution in [-0.4, -0.2) is 38.2 Å². The molecule has 0 aliphatic heterocycles. The predicted molar refractivity (Wildman–Crippen MR) is 85.0 cm³/mol. The third kappa shape index (κ3) is 4.14. The van der Waals surface area contributed by atoms with Crippen LogP contribution in [0, 0.1) is 5.92 Å². The van der Waals surface area contributed by atoms with Crippen LogP contribution in [0.4, 0.5) is 0 Å². The highest BCUT2D eigenvalue weighted by Gasteiger charge is 2.28. The fourth-order valence-electron chi connectivity index (χ4n) is 1.85. The summed E-state index contributed by atoms with van der Waals surface area (Å²) in [6.07, 6.45) is 0. The maximum atomic E-state index is 12.7. The molecule has 0 fully saturated rings. The van der Waals surface area contributed by atoms with Gasteiger partial charge < -0.3 is 4.74 Å². The van der Waals surface area contributed by atoms with E-state index in [0.29, 0.717) is 18.0 Å². The van der Waals surface area contributed by atoms with Gasteiger partial charge in [-0.1, -0.05) is 13.8 Å². The van der Waals surface area contributed by atoms with Gasteiger partial charge in [-0.15, -0.1) is 0 Å². The van der Waals surface area contributed by atoms with Crippen molar-refractivity contribution < 1.29 is 13.2 Å². The Hall–Kier alpha value is -0.720. The average molecular weight is 317 g/mol. The second kappa shape index (κ2) is 7.33. The van der Waals surface area contributed by atoms with E-state index in [0.717, 1.165) is 0 Å². The van der Waals surface area contributed by atoms with Crippen molar-refractivity contribution in [1.82, 2.24) is 4.31 Å². The molecule has 0 unspecified atom stereocenters. The Morgan fingerprint density at radius 1 is 1.20 bits per heavy atom. The van der Waals surface area contributed by atoms with Crippen LogP contribution < -0.4 is 4.74 Å². The van der Waals surface area contributed by atoms with Crippen molar-refractivity contribution in [3.05, 3.63) is 24.3 Å². The number of thiol groups is 1. The molecule has 1 aromatic carbocycles. The lowest BCUT2D eigenvalue weighted by atomic mass is 10.2. The SMILES string of the molecule is COc1ccc(S(=O)(=O)N(CC(C)C)[C@H](C)CS)cc1. The first-order valence-corrected chi connectivity index (χ1v) is 8.67. The van der Waals surface area contributed by atoms with Gasteiger partial charge in [0.1, 0.15) is 5.75 Å². The summed E-state index contributed by atoms with van der Waals surface area (Å²) in [5, 5.41) is 0. The van der Waals surface area contributed by atoms with Crippen LogP contribution in [0.25, 0.3) is 0 Å². The van der Waals surface area contributed by atoms with E-state index in [-0.39, 0.29) is 16.9 Å². The van der Waals surface area contributed by atoms with Gasteiger partial charge in [-0.3, -0.25) is 0 Å². The normalized spacial score (nSPS) is 13.8. The van der Waals surface area contributed by atoms with Crippen molar-refractivity contribution in [1.29, 1.82) is 0 Å². The third-order valence-electron chi connectivity index (χ3n) is 2.97. The fraction of sp³-hybridized carbons (Fsp3) is 0.571. The zero-order chi connectivity index (χ0) is 15.3. The van der Waals surface area contributed by atoms with Crippen molar-refractivity contribution in [2.24, 2.45) is 5.92 Å². The van der Waals surface area contributed by atoms with Crippen molar-refractivity contribution in [2.45, 2.75) is 31.7 Å². The van der Waals surface area contributed by atoms with Crippen molar-refractivity contribution in [3.63, 3.8) is 0 Å². The Balaban J connectivity index is 3.14. The molecule has 1 rings (SSSR count). The molecule has 0 bridgehead atoms. The average Bonchev–Trinajstić information content (AvgIpc) is 2.43. The molecule has 114 valence electrons. The van der Waals surface area contributed by atoms with Crippen LogP contribution >= 0.6 is 12.6 Å². The lowest BCUT2D eigenvalue weighted by Gasteiger charge is -2.29. The molecule has 0 heterocycles. The number of nitrogens with zero attached hydrogens (tertiary/aromatic N) is 1. The van der Waals surface area contributed by atoms with Crippen LogP contribution in [0.1, 0.15) is 20.8 Å². The number of methoxy groups -OCH3 is 1. The van der Waals surface area contributed by atoms with Gasteiger partial charge in [0, 0.05) is 18.3 Å². The van der Waals surface area contributed by atoms with E-state index in [1.54, 1.807) is 31.4 Å². The molecule has 0 aliphatic carbocycles. The summed E-state index contributed by atoms with van der Waals surface area (Å²) < 4.78 is 32.0. The number of rotatable bonds is 7. The van der Waals surface area contributed by atoms with E-state index < -0.39 is 10.0 Å². The van der Waals surface area contributed by atoms with Gasteiger partial charge in [0.2, 0.25) is 10.0 Å². The van der Waals surface area contributed by atoms with Crippen LogP contribution in [0.5, 0.6) is 5.75 Å². The maximum absolute atomic E-state index is 12.7. The first-order valence-electron chi connectivity index (χ1n) is 6.59. The van der Waals surface area contributed by atoms with Crippen molar-refractivity contribution in [2.75, 3.05) is 19.4 Å². The summed E-state index contributed by atoms with van der Waals surface area (Å²) in [6, 6.07) is 6.32. The first kappa shape index (κ1) is 17.3. The molecule has 0 aliphatic rings. The molecule has 0 saturated heterocycles. The highest BCUT2D eigenvalue weighted by atomic mass is 32.2. The van der Waals surface area contributed by atoms with Gasteiger partial charge in [-0.25, -0.2) is 8.42 Å². The summed E-state index contributed by atoms with van der Waals surface area (Å²) in [4.78, 5) is 0.285. The molecule has 0 aromatic heterocycles. The first-order chi connectivity index (χ1) is 9.32. The molecule has 0 spiro atoms. The van der Waals surface area contributed by atoms with Gasteiger partial charge in [-0.2, -0.15) is 16.9 Å². The number of ether oxygens (including phenoxy) is 1. The molecule has 4 nitrogen and oxygen atoms in total. The molecule has 0 radical (unpaired) electrons. The number of hydrogen-bond acceptors (Lipinski definition) is 4. The molecule has 1 aromatic rings. The summed E-state index contributed by atoms with van der Waals surface area (Å²) >= 11 is 4.23. The van der Waals surface area contributed by atoms with Crippen LogP contribution in [-0.2, 0) is 10.0 Å². The minimum Gasteiger partial charge on any atom is -0.497 e. The van der Waals surface area contributed by atoms with Crippen molar-refractivity contribution in [3.8, 4) is 5.75 Å². The fourth-order valence-corrected chi connectivity index (χ4v) is 3.95. The minimum absolute atomic E-state index is 0.146. The van der Waals surface area contributed by atoms with E-state index in [1.807, 2.05) is 20.8 Å². The van der Waals surface area contributed by atoms with Gasteiger partial charge in [-0.05, 0) is 37.1 Å². The molecular formula is C14H23NO3S2. The molecule has 20 heavy (non-hydrogen) atoms. The third-order valence-corrected chi connectivity index (χ3v) is 5.49. The van der Waals surface area contributed by atoms with Crippen LogP contribution in [0.2, 0.25) is 0 Å². The Morgan fingerprint density at radius 2 is 1.75 bits per heavy atom. The van der Waals surface area contributed by atoms with Gasteiger partial charge in [0.15, 0.2) is 0 Å². The Bertz CT molecular complexity index is 512. The van der Waals surface area contributed by atoms with E-state index in [9.17, 15) is 8.42 Å². The summed E-state index contributed by atoms with van der Waals surface area (Å²) in [5.74, 6) is 1.38. The van der Waals surface area contributed by atoms with E-state index in [2.05, 4.69) is 12.6 Å². The zero-order valence-electron chi connectivity index (χ0n) is 12.4. The highest BCUT2D eigenvalue weighted by Crippen LogP contribution is 2.22. The lowest BCUT2D eigenvalue weighted by molar-refractivity contribution is 0.322. The van der Waals surface area contributed by atoms with Gasteiger partial charge >= 0.3 is 0 Å². The smallest absolute Gasteiger partial charge is 0.243 e. The summed E-state index contributed by atoms with van der Waals surface area (Å²) in [7, 11) is -1.95. The molecule has 0 amide bonds.